The van der Waals surface area contributed by atoms with E-state index in [1.54, 1.807) is 0 Å². The molecule has 1 aliphatic heterocycles. The minimum Gasteiger partial charge on any atom is -0.482 e. The summed E-state index contributed by atoms with van der Waals surface area (Å²) in [6, 6.07) is 4.18. The van der Waals surface area contributed by atoms with Crippen molar-refractivity contribution in [1.29, 1.82) is 0 Å². The first kappa shape index (κ1) is 19.9. The number of hydrogen-bond acceptors (Lipinski definition) is 3. The monoisotopic (exact) mass is 372 g/mol. The van der Waals surface area contributed by atoms with Gasteiger partial charge < -0.3 is 15.4 Å². The highest BCUT2D eigenvalue weighted by atomic mass is 35.5. The molecule has 1 amide bonds. The van der Waals surface area contributed by atoms with Crippen LogP contribution in [0.5, 0.6) is 5.75 Å². The van der Waals surface area contributed by atoms with E-state index in [1.807, 2.05) is 0 Å². The average Bonchev–Trinajstić information content (AvgIpc) is 2.47. The van der Waals surface area contributed by atoms with Crippen molar-refractivity contribution in [3.8, 4) is 5.75 Å². The lowest BCUT2D eigenvalue weighted by molar-refractivity contribution is -0.153. The standard InChI is InChI=1S/C14H16ClF3N2O2.ClH/c15-10-1-2-11(12(7-10)22-8-14(16,17)18)20-13(21)9-3-5-19-6-4-9;/h1-2,7,9,19H,3-6,8H2,(H,20,21);1H. The molecule has 0 atom stereocenters. The lowest BCUT2D eigenvalue weighted by Crippen LogP contribution is -2.34. The number of alkyl halides is 3. The molecule has 9 heteroatoms. The molecule has 23 heavy (non-hydrogen) atoms. The molecule has 0 aliphatic carbocycles. The third kappa shape index (κ3) is 6.45. The van der Waals surface area contributed by atoms with Crippen LogP contribution in [-0.2, 0) is 4.79 Å². The average molecular weight is 373 g/mol. The second-order valence-corrected chi connectivity index (χ2v) is 5.49. The van der Waals surface area contributed by atoms with Gasteiger partial charge in [0, 0.05) is 17.0 Å². The molecule has 130 valence electrons. The van der Waals surface area contributed by atoms with Crippen LogP contribution in [-0.4, -0.2) is 31.8 Å². The number of carbonyl (C=O) groups is 1. The number of amides is 1. The molecule has 4 nitrogen and oxygen atoms in total. The third-order valence-electron chi connectivity index (χ3n) is 3.30. The summed E-state index contributed by atoms with van der Waals surface area (Å²) in [4.78, 5) is 12.2. The van der Waals surface area contributed by atoms with Crippen LogP contribution >= 0.6 is 24.0 Å². The maximum absolute atomic E-state index is 12.3. The highest BCUT2D eigenvalue weighted by Crippen LogP contribution is 2.30. The number of ether oxygens (including phenoxy) is 1. The summed E-state index contributed by atoms with van der Waals surface area (Å²) in [5.74, 6) is -0.472. The van der Waals surface area contributed by atoms with E-state index >= 15 is 0 Å². The van der Waals surface area contributed by atoms with Gasteiger partial charge in [-0.2, -0.15) is 13.2 Å². The minimum atomic E-state index is -4.46. The molecule has 0 bridgehead atoms. The Hall–Kier alpha value is -1.18. The fourth-order valence-electron chi connectivity index (χ4n) is 2.20. The molecule has 1 fully saturated rings. The summed E-state index contributed by atoms with van der Waals surface area (Å²) in [7, 11) is 0. The van der Waals surface area contributed by atoms with Crippen LogP contribution in [0.3, 0.4) is 0 Å². The number of rotatable bonds is 4. The second-order valence-electron chi connectivity index (χ2n) is 5.06. The van der Waals surface area contributed by atoms with Gasteiger partial charge in [0.15, 0.2) is 6.61 Å². The van der Waals surface area contributed by atoms with Crippen LogP contribution in [0.25, 0.3) is 0 Å². The Morgan fingerprint density at radius 1 is 1.35 bits per heavy atom. The lowest BCUT2D eigenvalue weighted by Gasteiger charge is -2.22. The largest absolute Gasteiger partial charge is 0.482 e. The number of nitrogens with one attached hydrogen (secondary N) is 2. The summed E-state index contributed by atoms with van der Waals surface area (Å²) >= 11 is 5.77. The molecule has 1 aromatic rings. The Morgan fingerprint density at radius 3 is 2.61 bits per heavy atom. The normalized spacial score (nSPS) is 15.7. The Bertz CT molecular complexity index is 535. The molecule has 1 heterocycles. The van der Waals surface area contributed by atoms with Gasteiger partial charge in [-0.05, 0) is 38.1 Å². The zero-order chi connectivity index (χ0) is 16.2. The predicted molar refractivity (Wildman–Crippen MR) is 84.5 cm³/mol. The van der Waals surface area contributed by atoms with Crippen LogP contribution in [0.4, 0.5) is 18.9 Å². The summed E-state index contributed by atoms with van der Waals surface area (Å²) in [5, 5.41) is 6.00. The van der Waals surface area contributed by atoms with Gasteiger partial charge in [0.2, 0.25) is 5.91 Å². The maximum atomic E-state index is 12.3. The van der Waals surface area contributed by atoms with E-state index in [2.05, 4.69) is 10.6 Å². The van der Waals surface area contributed by atoms with Crippen LogP contribution in [0.2, 0.25) is 5.02 Å². The van der Waals surface area contributed by atoms with E-state index < -0.39 is 12.8 Å². The van der Waals surface area contributed by atoms with Gasteiger partial charge in [0.1, 0.15) is 5.75 Å². The molecule has 1 aromatic carbocycles. The second kappa shape index (κ2) is 8.61. The quantitative estimate of drug-likeness (QED) is 0.848. The van der Waals surface area contributed by atoms with E-state index in [4.69, 9.17) is 16.3 Å². The fraction of sp³-hybridized carbons (Fsp3) is 0.500. The molecule has 0 radical (unpaired) electrons. The van der Waals surface area contributed by atoms with E-state index in [-0.39, 0.29) is 40.7 Å². The molecular formula is C14H17Cl2F3N2O2. The van der Waals surface area contributed by atoms with Gasteiger partial charge in [0.25, 0.3) is 0 Å². The van der Waals surface area contributed by atoms with Gasteiger partial charge >= 0.3 is 6.18 Å². The minimum absolute atomic E-state index is 0. The van der Waals surface area contributed by atoms with E-state index in [9.17, 15) is 18.0 Å². The fourth-order valence-corrected chi connectivity index (χ4v) is 2.36. The molecule has 1 saturated heterocycles. The predicted octanol–water partition coefficient (Wildman–Crippen LogP) is 3.64. The molecule has 0 unspecified atom stereocenters. The summed E-state index contributed by atoms with van der Waals surface area (Å²) in [6.45, 7) is 0.0514. The van der Waals surface area contributed by atoms with Gasteiger partial charge in [0.05, 0.1) is 5.69 Å². The zero-order valence-corrected chi connectivity index (χ0v) is 13.7. The van der Waals surface area contributed by atoms with Crippen molar-refractivity contribution in [1.82, 2.24) is 5.32 Å². The number of halogens is 5. The molecule has 0 aromatic heterocycles. The molecule has 2 N–H and O–H groups in total. The van der Waals surface area contributed by atoms with Crippen molar-refractivity contribution in [3.63, 3.8) is 0 Å². The summed E-state index contributed by atoms with van der Waals surface area (Å²) in [6.07, 6.45) is -3.07. The molecule has 1 aliphatic rings. The van der Waals surface area contributed by atoms with E-state index in [0.29, 0.717) is 12.8 Å². The number of benzene rings is 1. The first-order valence-electron chi connectivity index (χ1n) is 6.86. The lowest BCUT2D eigenvalue weighted by atomic mass is 9.97. The highest BCUT2D eigenvalue weighted by Gasteiger charge is 2.29. The third-order valence-corrected chi connectivity index (χ3v) is 3.54. The maximum Gasteiger partial charge on any atom is 0.422 e. The smallest absolute Gasteiger partial charge is 0.422 e. The van der Waals surface area contributed by atoms with E-state index in [1.165, 1.54) is 18.2 Å². The van der Waals surface area contributed by atoms with Crippen molar-refractivity contribution < 1.29 is 22.7 Å². The van der Waals surface area contributed by atoms with Crippen LogP contribution in [0.15, 0.2) is 18.2 Å². The van der Waals surface area contributed by atoms with Crippen LogP contribution in [0.1, 0.15) is 12.8 Å². The van der Waals surface area contributed by atoms with Crippen molar-refractivity contribution in [2.45, 2.75) is 19.0 Å². The molecule has 0 saturated carbocycles. The molecular weight excluding hydrogens is 356 g/mol. The number of piperidine rings is 1. The van der Waals surface area contributed by atoms with Gasteiger partial charge in [-0.3, -0.25) is 4.79 Å². The van der Waals surface area contributed by atoms with E-state index in [0.717, 1.165) is 13.1 Å². The topological polar surface area (TPSA) is 50.4 Å². The Labute approximate surface area is 143 Å². The SMILES string of the molecule is Cl.O=C(Nc1ccc(Cl)cc1OCC(F)(F)F)C1CCNCC1. The van der Waals surface area contributed by atoms with Crippen molar-refractivity contribution in [3.05, 3.63) is 23.2 Å². The Balaban J connectivity index is 0.00000264. The van der Waals surface area contributed by atoms with Crippen LogP contribution < -0.4 is 15.4 Å². The zero-order valence-electron chi connectivity index (χ0n) is 12.1. The number of hydrogen-bond donors (Lipinski definition) is 2. The van der Waals surface area contributed by atoms with Crippen LogP contribution in [0, 0.1) is 5.92 Å². The highest BCUT2D eigenvalue weighted by molar-refractivity contribution is 6.30. The van der Waals surface area contributed by atoms with Crippen molar-refractivity contribution in [2.24, 2.45) is 5.92 Å². The van der Waals surface area contributed by atoms with Gasteiger partial charge in [-0.25, -0.2) is 0 Å². The van der Waals surface area contributed by atoms with Crippen molar-refractivity contribution >= 4 is 35.6 Å². The van der Waals surface area contributed by atoms with Gasteiger partial charge in [-0.1, -0.05) is 11.6 Å². The summed E-state index contributed by atoms with van der Waals surface area (Å²) in [5.41, 5.74) is 0.192. The first-order valence-corrected chi connectivity index (χ1v) is 7.23. The Kier molecular flexibility index (Phi) is 7.44. The molecule has 2 rings (SSSR count). The molecule has 0 spiro atoms. The number of carbonyl (C=O) groups excluding carboxylic acids is 1. The first-order chi connectivity index (χ1) is 10.3. The number of anilines is 1. The Morgan fingerprint density at radius 2 is 2.00 bits per heavy atom. The summed E-state index contributed by atoms with van der Waals surface area (Å²) < 4.78 is 41.6. The van der Waals surface area contributed by atoms with Crippen molar-refractivity contribution in [2.75, 3.05) is 25.0 Å². The van der Waals surface area contributed by atoms with Gasteiger partial charge in [-0.15, -0.1) is 12.4 Å².